The van der Waals surface area contributed by atoms with E-state index in [-0.39, 0.29) is 19.1 Å². The normalized spacial score (nSPS) is 10.6. The Labute approximate surface area is 141 Å². The largest absolute Gasteiger partial charge is 0.493 e. The van der Waals surface area contributed by atoms with Crippen LogP contribution in [0.4, 0.5) is 5.69 Å². The molecule has 0 aromatic heterocycles. The quantitative estimate of drug-likeness (QED) is 0.819. The number of aliphatic hydroxyl groups is 1. The molecule has 0 atom stereocenters. The summed E-state index contributed by atoms with van der Waals surface area (Å²) in [5, 5.41) is 11.8. The Morgan fingerprint density at radius 2 is 2.04 bits per heavy atom. The van der Waals surface area contributed by atoms with Crippen molar-refractivity contribution >= 4 is 17.7 Å². The van der Waals surface area contributed by atoms with Crippen LogP contribution in [0.15, 0.2) is 48.5 Å². The molecule has 2 rings (SSSR count). The third-order valence-corrected chi connectivity index (χ3v) is 3.30. The number of aliphatic hydroxyl groups excluding tert-OH is 1. The Morgan fingerprint density at radius 3 is 2.75 bits per heavy atom. The lowest BCUT2D eigenvalue weighted by Crippen LogP contribution is -2.20. The van der Waals surface area contributed by atoms with Gasteiger partial charge in [0.15, 0.2) is 18.1 Å². The van der Waals surface area contributed by atoms with E-state index in [4.69, 9.17) is 14.6 Å². The highest BCUT2D eigenvalue weighted by atomic mass is 16.5. The van der Waals surface area contributed by atoms with Crippen LogP contribution in [0.3, 0.4) is 0 Å². The van der Waals surface area contributed by atoms with Crippen LogP contribution in [0, 0.1) is 0 Å². The van der Waals surface area contributed by atoms with E-state index in [0.29, 0.717) is 17.2 Å². The van der Waals surface area contributed by atoms with Gasteiger partial charge in [-0.3, -0.25) is 4.79 Å². The van der Waals surface area contributed by atoms with Crippen molar-refractivity contribution in [2.45, 2.75) is 13.5 Å². The van der Waals surface area contributed by atoms with Crippen molar-refractivity contribution in [1.29, 1.82) is 0 Å². The van der Waals surface area contributed by atoms with Crippen LogP contribution in [0.25, 0.3) is 6.08 Å². The van der Waals surface area contributed by atoms with E-state index in [1.54, 1.807) is 37.4 Å². The second-order valence-electron chi connectivity index (χ2n) is 5.11. The van der Waals surface area contributed by atoms with Gasteiger partial charge in [0.25, 0.3) is 5.91 Å². The van der Waals surface area contributed by atoms with Gasteiger partial charge in [-0.05, 0) is 42.3 Å². The third kappa shape index (κ3) is 4.86. The van der Waals surface area contributed by atoms with Gasteiger partial charge in [-0.15, -0.1) is 0 Å². The summed E-state index contributed by atoms with van der Waals surface area (Å²) in [6.07, 6.45) is 3.89. The van der Waals surface area contributed by atoms with Gasteiger partial charge in [0.2, 0.25) is 0 Å². The number of anilines is 1. The molecule has 5 nitrogen and oxygen atoms in total. The minimum atomic E-state index is -0.287. The number of carbonyl (C=O) groups excluding carboxylic acids is 1. The summed E-state index contributed by atoms with van der Waals surface area (Å²) in [6.45, 7) is 1.73. The highest BCUT2D eigenvalue weighted by Gasteiger charge is 2.08. The van der Waals surface area contributed by atoms with E-state index in [1.165, 1.54) is 0 Å². The molecule has 0 unspecified atom stereocenters. The average Bonchev–Trinajstić information content (AvgIpc) is 2.61. The molecule has 0 aliphatic rings. The van der Waals surface area contributed by atoms with Crippen molar-refractivity contribution < 1.29 is 19.4 Å². The monoisotopic (exact) mass is 327 g/mol. The Morgan fingerprint density at radius 1 is 1.21 bits per heavy atom. The molecule has 2 aromatic rings. The number of hydrogen-bond donors (Lipinski definition) is 2. The van der Waals surface area contributed by atoms with Crippen LogP contribution in [0.2, 0.25) is 0 Å². The zero-order valence-corrected chi connectivity index (χ0v) is 13.8. The van der Waals surface area contributed by atoms with Crippen molar-refractivity contribution in [2.24, 2.45) is 0 Å². The van der Waals surface area contributed by atoms with Crippen LogP contribution in [-0.2, 0) is 11.4 Å². The summed E-state index contributed by atoms with van der Waals surface area (Å²) >= 11 is 0. The molecule has 0 heterocycles. The number of allylic oxidation sites excluding steroid dienone is 1. The molecule has 0 aliphatic heterocycles. The number of rotatable bonds is 7. The fourth-order valence-electron chi connectivity index (χ4n) is 2.19. The van der Waals surface area contributed by atoms with Gasteiger partial charge in [-0.25, -0.2) is 0 Å². The third-order valence-electron chi connectivity index (χ3n) is 3.30. The van der Waals surface area contributed by atoms with Crippen LogP contribution >= 0.6 is 0 Å². The van der Waals surface area contributed by atoms with Gasteiger partial charge < -0.3 is 19.9 Å². The first-order valence-corrected chi connectivity index (χ1v) is 7.59. The first-order valence-electron chi connectivity index (χ1n) is 7.59. The molecule has 0 saturated carbocycles. The van der Waals surface area contributed by atoms with Gasteiger partial charge in [0, 0.05) is 5.69 Å². The van der Waals surface area contributed by atoms with Crippen molar-refractivity contribution in [3.05, 3.63) is 59.7 Å². The molecular weight excluding hydrogens is 306 g/mol. The second-order valence-corrected chi connectivity index (χ2v) is 5.11. The summed E-state index contributed by atoms with van der Waals surface area (Å²) in [5.74, 6) is 0.787. The molecule has 5 heteroatoms. The van der Waals surface area contributed by atoms with Crippen LogP contribution in [0.5, 0.6) is 11.5 Å². The molecule has 126 valence electrons. The van der Waals surface area contributed by atoms with Crippen molar-refractivity contribution in [3.8, 4) is 11.5 Å². The van der Waals surface area contributed by atoms with Crippen LogP contribution < -0.4 is 14.8 Å². The van der Waals surface area contributed by atoms with Gasteiger partial charge in [0.05, 0.1) is 13.7 Å². The van der Waals surface area contributed by atoms with Crippen LogP contribution in [-0.4, -0.2) is 24.7 Å². The van der Waals surface area contributed by atoms with E-state index in [1.807, 2.05) is 31.2 Å². The minimum absolute atomic E-state index is 0.0734. The predicted octanol–water partition coefficient (Wildman–Crippen LogP) is 3.24. The molecule has 0 radical (unpaired) electrons. The van der Waals surface area contributed by atoms with E-state index in [0.717, 1.165) is 11.1 Å². The summed E-state index contributed by atoms with van der Waals surface area (Å²) < 4.78 is 10.8. The lowest BCUT2D eigenvalue weighted by atomic mass is 10.2. The molecule has 2 aromatic carbocycles. The number of ether oxygens (including phenoxy) is 2. The molecule has 0 bridgehead atoms. The molecule has 0 spiro atoms. The van der Waals surface area contributed by atoms with Crippen molar-refractivity contribution in [1.82, 2.24) is 0 Å². The van der Waals surface area contributed by atoms with E-state index in [9.17, 15) is 4.79 Å². The number of hydrogen-bond acceptors (Lipinski definition) is 4. The lowest BCUT2D eigenvalue weighted by molar-refractivity contribution is -0.118. The Kier molecular flexibility index (Phi) is 6.40. The Bertz CT molecular complexity index is 725. The number of methoxy groups -OCH3 is 1. The fourth-order valence-corrected chi connectivity index (χ4v) is 2.19. The van der Waals surface area contributed by atoms with Gasteiger partial charge in [0.1, 0.15) is 0 Å². The summed E-state index contributed by atoms with van der Waals surface area (Å²) in [5.41, 5.74) is 2.34. The molecule has 0 saturated heterocycles. The molecule has 0 fully saturated rings. The number of benzene rings is 2. The van der Waals surface area contributed by atoms with E-state index < -0.39 is 0 Å². The zero-order chi connectivity index (χ0) is 17.4. The molecule has 2 N–H and O–H groups in total. The summed E-state index contributed by atoms with van der Waals surface area (Å²) in [7, 11) is 1.56. The van der Waals surface area contributed by atoms with Crippen molar-refractivity contribution in [2.75, 3.05) is 19.0 Å². The minimum Gasteiger partial charge on any atom is -0.493 e. The summed E-state index contributed by atoms with van der Waals surface area (Å²) in [6, 6.07) is 12.5. The lowest BCUT2D eigenvalue weighted by Gasteiger charge is -2.12. The van der Waals surface area contributed by atoms with E-state index >= 15 is 0 Å². The maximum absolute atomic E-state index is 12.0. The topological polar surface area (TPSA) is 67.8 Å². The van der Waals surface area contributed by atoms with Crippen molar-refractivity contribution in [3.63, 3.8) is 0 Å². The molecule has 1 amide bonds. The standard InChI is InChI=1S/C19H21NO4/c1-3-5-14-8-9-17(18(11-14)23-2)24-13-19(22)20-16-7-4-6-15(10-16)12-21/h3-11,21H,12-13H2,1-2H3,(H,20,22)/b5-3+. The maximum Gasteiger partial charge on any atom is 0.262 e. The second kappa shape index (κ2) is 8.74. The first kappa shape index (κ1) is 17.6. The number of carbonyl (C=O) groups is 1. The number of amides is 1. The fraction of sp³-hybridized carbons (Fsp3) is 0.211. The smallest absolute Gasteiger partial charge is 0.262 e. The average molecular weight is 327 g/mol. The zero-order valence-electron chi connectivity index (χ0n) is 13.8. The maximum atomic E-state index is 12.0. The number of nitrogens with one attached hydrogen (secondary N) is 1. The highest BCUT2D eigenvalue weighted by molar-refractivity contribution is 5.92. The predicted molar refractivity (Wildman–Crippen MR) is 94.2 cm³/mol. The van der Waals surface area contributed by atoms with Gasteiger partial charge in [-0.1, -0.05) is 30.4 Å². The van der Waals surface area contributed by atoms with Gasteiger partial charge in [-0.2, -0.15) is 0 Å². The molecule has 0 aliphatic carbocycles. The molecular formula is C19H21NO4. The Hall–Kier alpha value is -2.79. The van der Waals surface area contributed by atoms with Gasteiger partial charge >= 0.3 is 0 Å². The first-order chi connectivity index (χ1) is 11.7. The SMILES string of the molecule is C/C=C/c1ccc(OCC(=O)Nc2cccc(CO)c2)c(OC)c1. The highest BCUT2D eigenvalue weighted by Crippen LogP contribution is 2.28. The van der Waals surface area contributed by atoms with E-state index in [2.05, 4.69) is 5.32 Å². The Balaban J connectivity index is 1.98. The summed E-state index contributed by atoms with van der Waals surface area (Å²) in [4.78, 5) is 12.0. The molecule has 24 heavy (non-hydrogen) atoms. The van der Waals surface area contributed by atoms with Crippen LogP contribution in [0.1, 0.15) is 18.1 Å².